The van der Waals surface area contributed by atoms with Gasteiger partial charge >= 0.3 is 12.2 Å². The van der Waals surface area contributed by atoms with Crippen LogP contribution in [0.4, 0.5) is 9.59 Å². The molecular weight excluding hydrogens is 180 g/mol. The first kappa shape index (κ1) is 11.5. The maximum absolute atomic E-state index is 10.4. The van der Waals surface area contributed by atoms with Gasteiger partial charge in [-0.1, -0.05) is 18.5 Å². The summed E-state index contributed by atoms with van der Waals surface area (Å²) in [7, 11) is 0. The van der Waals surface area contributed by atoms with Gasteiger partial charge < -0.3 is 10.2 Å². The lowest BCUT2D eigenvalue weighted by atomic mass is 10.3. The molecule has 0 spiro atoms. The Bertz CT molecular complexity index is 195. The average Bonchev–Trinajstić information content (AvgIpc) is 2.04. The van der Waals surface area contributed by atoms with Crippen molar-refractivity contribution >= 4 is 12.2 Å². The fraction of sp³-hybridized carbons (Fsp3) is 0.667. The Labute approximate surface area is 74.7 Å². The van der Waals surface area contributed by atoms with Gasteiger partial charge in [0.25, 0.3) is 0 Å². The SMILES string of the molecule is CCCCN(C(=O)O)N(O)C(=O)O. The molecule has 0 aliphatic carbocycles. The lowest BCUT2D eigenvalue weighted by Gasteiger charge is -2.23. The minimum Gasteiger partial charge on any atom is -0.464 e. The highest BCUT2D eigenvalue weighted by Gasteiger charge is 2.22. The summed E-state index contributed by atoms with van der Waals surface area (Å²) in [5.74, 6) is 0. The van der Waals surface area contributed by atoms with Gasteiger partial charge in [0.15, 0.2) is 0 Å². The number of amides is 2. The third-order valence-corrected chi connectivity index (χ3v) is 1.34. The van der Waals surface area contributed by atoms with E-state index in [4.69, 9.17) is 15.4 Å². The predicted octanol–water partition coefficient (Wildman–Crippen LogP) is 1.05. The summed E-state index contributed by atoms with van der Waals surface area (Å²) in [4.78, 5) is 20.6. The summed E-state index contributed by atoms with van der Waals surface area (Å²) in [6, 6.07) is 0. The molecule has 0 atom stereocenters. The molecule has 0 aromatic carbocycles. The van der Waals surface area contributed by atoms with E-state index in [2.05, 4.69) is 0 Å². The molecule has 0 aliphatic heterocycles. The maximum atomic E-state index is 10.4. The number of rotatable bonds is 3. The second kappa shape index (κ2) is 5.20. The fourth-order valence-electron chi connectivity index (χ4n) is 0.683. The number of nitrogens with zero attached hydrogens (tertiary/aromatic N) is 2. The summed E-state index contributed by atoms with van der Waals surface area (Å²) in [5, 5.41) is 25.5. The summed E-state index contributed by atoms with van der Waals surface area (Å²) in [5.41, 5.74) is 0. The molecule has 0 rings (SSSR count). The van der Waals surface area contributed by atoms with E-state index in [1.165, 1.54) is 0 Å². The van der Waals surface area contributed by atoms with E-state index < -0.39 is 12.2 Å². The molecule has 0 radical (unpaired) electrons. The maximum Gasteiger partial charge on any atom is 0.451 e. The van der Waals surface area contributed by atoms with Crippen LogP contribution in [0.5, 0.6) is 0 Å². The quantitative estimate of drug-likeness (QED) is 0.458. The first-order valence-corrected chi connectivity index (χ1v) is 3.73. The van der Waals surface area contributed by atoms with Crippen molar-refractivity contribution in [2.45, 2.75) is 19.8 Å². The topological polar surface area (TPSA) is 101 Å². The fourth-order valence-corrected chi connectivity index (χ4v) is 0.683. The van der Waals surface area contributed by atoms with Crippen LogP contribution >= 0.6 is 0 Å². The lowest BCUT2D eigenvalue weighted by Crippen LogP contribution is -2.47. The molecule has 0 saturated heterocycles. The Morgan fingerprint density at radius 3 is 2.08 bits per heavy atom. The number of carboxylic acid groups (broad SMARTS) is 2. The molecule has 0 aromatic heterocycles. The van der Waals surface area contributed by atoms with Crippen molar-refractivity contribution in [2.75, 3.05) is 6.54 Å². The van der Waals surface area contributed by atoms with Crippen LogP contribution < -0.4 is 0 Å². The van der Waals surface area contributed by atoms with Crippen molar-refractivity contribution < 1.29 is 25.0 Å². The molecule has 76 valence electrons. The van der Waals surface area contributed by atoms with Gasteiger partial charge in [0.1, 0.15) is 0 Å². The van der Waals surface area contributed by atoms with Gasteiger partial charge in [-0.3, -0.25) is 5.21 Å². The van der Waals surface area contributed by atoms with Crippen molar-refractivity contribution in [1.82, 2.24) is 10.2 Å². The van der Waals surface area contributed by atoms with Crippen molar-refractivity contribution in [1.29, 1.82) is 0 Å². The van der Waals surface area contributed by atoms with Gasteiger partial charge in [-0.15, -0.1) is 0 Å². The van der Waals surface area contributed by atoms with Crippen molar-refractivity contribution in [3.05, 3.63) is 0 Å². The molecule has 13 heavy (non-hydrogen) atoms. The lowest BCUT2D eigenvalue weighted by molar-refractivity contribution is -0.192. The second-order valence-corrected chi connectivity index (χ2v) is 2.33. The van der Waals surface area contributed by atoms with Crippen LogP contribution in [0.3, 0.4) is 0 Å². The molecule has 7 nitrogen and oxygen atoms in total. The van der Waals surface area contributed by atoms with E-state index in [1.54, 1.807) is 0 Å². The number of hydrogen-bond acceptors (Lipinski definition) is 3. The highest BCUT2D eigenvalue weighted by molar-refractivity contribution is 5.70. The van der Waals surface area contributed by atoms with Gasteiger partial charge in [-0.2, -0.15) is 5.01 Å². The van der Waals surface area contributed by atoms with Crippen LogP contribution in [0, 0.1) is 0 Å². The standard InChI is InChI=1S/C6H12N2O5/c1-2-3-4-7(5(9)10)8(13)6(11)12/h13H,2-4H2,1H3,(H,9,10)(H,11,12). The molecule has 0 bridgehead atoms. The summed E-state index contributed by atoms with van der Waals surface area (Å²) in [6.07, 6.45) is -2.04. The molecule has 0 fully saturated rings. The zero-order chi connectivity index (χ0) is 10.4. The van der Waals surface area contributed by atoms with E-state index in [-0.39, 0.29) is 11.7 Å². The molecule has 0 unspecified atom stereocenters. The van der Waals surface area contributed by atoms with Crippen molar-refractivity contribution in [3.8, 4) is 0 Å². The molecule has 0 saturated carbocycles. The number of hydrazine groups is 1. The summed E-state index contributed by atoms with van der Waals surface area (Å²) in [6.45, 7) is 1.77. The van der Waals surface area contributed by atoms with Gasteiger partial charge in [-0.25, -0.2) is 9.59 Å². The first-order valence-electron chi connectivity index (χ1n) is 3.73. The average molecular weight is 192 g/mol. The first-order chi connectivity index (χ1) is 6.00. The Morgan fingerprint density at radius 1 is 1.23 bits per heavy atom. The van der Waals surface area contributed by atoms with E-state index in [0.29, 0.717) is 17.9 Å². The van der Waals surface area contributed by atoms with Crippen LogP contribution in [0.1, 0.15) is 19.8 Å². The Morgan fingerprint density at radius 2 is 1.77 bits per heavy atom. The monoisotopic (exact) mass is 192 g/mol. The molecular formula is C6H12N2O5. The Kier molecular flexibility index (Phi) is 4.60. The minimum atomic E-state index is -1.72. The highest BCUT2D eigenvalue weighted by Crippen LogP contribution is 1.99. The molecule has 0 aromatic rings. The third kappa shape index (κ3) is 3.61. The molecule has 3 N–H and O–H groups in total. The number of hydrogen-bond donors (Lipinski definition) is 3. The number of unbranched alkanes of at least 4 members (excludes halogenated alkanes) is 1. The molecule has 2 amide bonds. The van der Waals surface area contributed by atoms with E-state index in [1.807, 2.05) is 6.92 Å². The second-order valence-electron chi connectivity index (χ2n) is 2.33. The zero-order valence-electron chi connectivity index (χ0n) is 7.17. The minimum absolute atomic E-state index is 0.0470. The molecule has 7 heteroatoms. The van der Waals surface area contributed by atoms with Gasteiger partial charge in [0, 0.05) is 6.54 Å². The highest BCUT2D eigenvalue weighted by atomic mass is 16.6. The van der Waals surface area contributed by atoms with Crippen LogP contribution in [-0.2, 0) is 0 Å². The molecule has 0 heterocycles. The van der Waals surface area contributed by atoms with E-state index in [0.717, 1.165) is 0 Å². The predicted molar refractivity (Wildman–Crippen MR) is 41.3 cm³/mol. The van der Waals surface area contributed by atoms with Gasteiger partial charge in [0.2, 0.25) is 0 Å². The van der Waals surface area contributed by atoms with Crippen LogP contribution in [0.2, 0.25) is 0 Å². The Balaban J connectivity index is 4.24. The zero-order valence-corrected chi connectivity index (χ0v) is 7.17. The summed E-state index contributed by atoms with van der Waals surface area (Å²) < 4.78 is 0. The normalized spacial score (nSPS) is 9.38. The van der Waals surface area contributed by atoms with Crippen LogP contribution in [-0.4, -0.2) is 44.3 Å². The third-order valence-electron chi connectivity index (χ3n) is 1.34. The van der Waals surface area contributed by atoms with Crippen molar-refractivity contribution in [2.24, 2.45) is 0 Å². The number of carbonyl (C=O) groups is 2. The smallest absolute Gasteiger partial charge is 0.451 e. The van der Waals surface area contributed by atoms with Crippen LogP contribution in [0.25, 0.3) is 0 Å². The molecule has 0 aliphatic rings. The summed E-state index contributed by atoms with van der Waals surface area (Å²) >= 11 is 0. The van der Waals surface area contributed by atoms with Crippen LogP contribution in [0.15, 0.2) is 0 Å². The van der Waals surface area contributed by atoms with E-state index >= 15 is 0 Å². The number of hydroxylamine groups is 1. The Hall–Kier alpha value is -1.50. The van der Waals surface area contributed by atoms with Gasteiger partial charge in [0.05, 0.1) is 0 Å². The van der Waals surface area contributed by atoms with Gasteiger partial charge in [-0.05, 0) is 6.42 Å². The van der Waals surface area contributed by atoms with Crippen molar-refractivity contribution in [3.63, 3.8) is 0 Å². The largest absolute Gasteiger partial charge is 0.464 e. The van der Waals surface area contributed by atoms with E-state index in [9.17, 15) is 9.59 Å².